The van der Waals surface area contributed by atoms with Gasteiger partial charge in [0, 0.05) is 13.1 Å². The Hall–Kier alpha value is -0.890. The summed E-state index contributed by atoms with van der Waals surface area (Å²) in [4.78, 5) is 0. The van der Waals surface area contributed by atoms with Crippen LogP contribution in [0.3, 0.4) is 0 Å². The van der Waals surface area contributed by atoms with E-state index in [0.29, 0.717) is 13.1 Å². The Morgan fingerprint density at radius 2 is 1.69 bits per heavy atom. The second kappa shape index (κ2) is 4.38. The molecule has 0 radical (unpaired) electrons. The molecule has 0 saturated carbocycles. The molecule has 1 fully saturated rings. The number of rotatable bonds is 1. The smallest absolute Gasteiger partial charge is 0.160 e. The minimum Gasteiger partial charge on any atom is -0.310 e. The first-order chi connectivity index (χ1) is 6.31. The number of alkyl halides is 1. The zero-order valence-electron chi connectivity index (χ0n) is 8.18. The molecule has 1 aliphatic heterocycles. The van der Waals surface area contributed by atoms with Gasteiger partial charge < -0.3 is 5.32 Å². The van der Waals surface area contributed by atoms with Gasteiger partial charge in [0.2, 0.25) is 0 Å². The van der Waals surface area contributed by atoms with Gasteiger partial charge in [-0.1, -0.05) is 44.2 Å². The van der Waals surface area contributed by atoms with E-state index in [1.54, 1.807) is 0 Å². The lowest BCUT2D eigenvalue weighted by molar-refractivity contribution is 0.0892. The number of halogens is 1. The first-order valence-corrected chi connectivity index (χ1v) is 4.76. The Labute approximate surface area is 79.0 Å². The molecular formula is C11H16FN. The van der Waals surface area contributed by atoms with Gasteiger partial charge in [-0.05, 0) is 5.56 Å². The molecule has 0 spiro atoms. The molecule has 2 heteroatoms. The van der Waals surface area contributed by atoms with Crippen molar-refractivity contribution in [3.8, 4) is 0 Å². The molecule has 0 unspecified atom stereocenters. The molecule has 1 nitrogen and oxygen atoms in total. The molecular weight excluding hydrogens is 165 g/mol. The van der Waals surface area contributed by atoms with Crippen molar-refractivity contribution in [2.45, 2.75) is 19.5 Å². The van der Waals surface area contributed by atoms with Crippen LogP contribution in [0.2, 0.25) is 0 Å². The average Bonchev–Trinajstić information content (AvgIpc) is 2.19. The molecule has 0 aromatic heterocycles. The molecule has 1 N–H and O–H groups in total. The summed E-state index contributed by atoms with van der Waals surface area (Å²) in [5.74, 6) is 0. The summed E-state index contributed by atoms with van der Waals surface area (Å²) >= 11 is 0. The molecule has 0 atom stereocenters. The largest absolute Gasteiger partial charge is 0.310 e. The summed E-state index contributed by atoms with van der Waals surface area (Å²) in [7, 11) is 0. The van der Waals surface area contributed by atoms with Gasteiger partial charge >= 0.3 is 0 Å². The van der Waals surface area contributed by atoms with Crippen molar-refractivity contribution in [3.63, 3.8) is 0 Å². The van der Waals surface area contributed by atoms with E-state index in [2.05, 4.69) is 5.32 Å². The maximum absolute atomic E-state index is 13.6. The SMILES string of the molecule is CC.FC1(c2ccccc2)CNC1. The van der Waals surface area contributed by atoms with Gasteiger partial charge in [-0.25, -0.2) is 4.39 Å². The van der Waals surface area contributed by atoms with Crippen LogP contribution in [0.5, 0.6) is 0 Å². The highest BCUT2D eigenvalue weighted by atomic mass is 19.1. The Morgan fingerprint density at radius 1 is 1.15 bits per heavy atom. The lowest BCUT2D eigenvalue weighted by Gasteiger charge is -2.35. The second-order valence-corrected chi connectivity index (χ2v) is 2.93. The number of benzene rings is 1. The lowest BCUT2D eigenvalue weighted by Crippen LogP contribution is -2.53. The fraction of sp³-hybridized carbons (Fsp3) is 0.455. The lowest BCUT2D eigenvalue weighted by atomic mass is 9.90. The quantitative estimate of drug-likeness (QED) is 0.701. The van der Waals surface area contributed by atoms with Crippen LogP contribution < -0.4 is 5.32 Å². The van der Waals surface area contributed by atoms with Crippen LogP contribution in [0.15, 0.2) is 30.3 Å². The third kappa shape index (κ3) is 2.07. The average molecular weight is 181 g/mol. The predicted molar refractivity (Wildman–Crippen MR) is 53.4 cm³/mol. The maximum atomic E-state index is 13.6. The number of hydrogen-bond donors (Lipinski definition) is 1. The predicted octanol–water partition coefficient (Wildman–Crippen LogP) is 2.48. The molecule has 1 aromatic carbocycles. The first-order valence-electron chi connectivity index (χ1n) is 4.76. The highest BCUT2D eigenvalue weighted by Crippen LogP contribution is 2.29. The molecule has 1 aromatic rings. The van der Waals surface area contributed by atoms with Crippen LogP contribution in [0.25, 0.3) is 0 Å². The van der Waals surface area contributed by atoms with Gasteiger partial charge in [0.1, 0.15) is 0 Å². The van der Waals surface area contributed by atoms with Gasteiger partial charge in [0.05, 0.1) is 0 Å². The number of hydrogen-bond acceptors (Lipinski definition) is 1. The zero-order chi connectivity index (χ0) is 9.73. The van der Waals surface area contributed by atoms with Crippen molar-refractivity contribution < 1.29 is 4.39 Å². The minimum atomic E-state index is -1.10. The van der Waals surface area contributed by atoms with Crippen LogP contribution in [-0.2, 0) is 5.67 Å². The minimum absolute atomic E-state index is 0.455. The van der Waals surface area contributed by atoms with E-state index in [9.17, 15) is 4.39 Å². The zero-order valence-corrected chi connectivity index (χ0v) is 8.18. The Balaban J connectivity index is 0.000000396. The monoisotopic (exact) mass is 181 g/mol. The van der Waals surface area contributed by atoms with E-state index in [1.165, 1.54) is 0 Å². The fourth-order valence-corrected chi connectivity index (χ4v) is 1.29. The van der Waals surface area contributed by atoms with E-state index in [4.69, 9.17) is 0 Å². The first kappa shape index (κ1) is 10.2. The highest BCUT2D eigenvalue weighted by Gasteiger charge is 2.38. The van der Waals surface area contributed by atoms with Crippen LogP contribution in [0, 0.1) is 0 Å². The third-order valence-electron chi connectivity index (χ3n) is 2.10. The summed E-state index contributed by atoms with van der Waals surface area (Å²) < 4.78 is 13.6. The summed E-state index contributed by atoms with van der Waals surface area (Å²) in [5, 5.41) is 2.93. The van der Waals surface area contributed by atoms with Crippen LogP contribution in [0.4, 0.5) is 4.39 Å². The van der Waals surface area contributed by atoms with Gasteiger partial charge in [-0.15, -0.1) is 0 Å². The fourth-order valence-electron chi connectivity index (χ4n) is 1.29. The van der Waals surface area contributed by atoms with Crippen molar-refractivity contribution in [2.75, 3.05) is 13.1 Å². The van der Waals surface area contributed by atoms with Crippen molar-refractivity contribution in [1.29, 1.82) is 0 Å². The van der Waals surface area contributed by atoms with Crippen LogP contribution in [0.1, 0.15) is 19.4 Å². The van der Waals surface area contributed by atoms with E-state index in [1.807, 2.05) is 44.2 Å². The molecule has 1 heterocycles. The molecule has 0 amide bonds. The molecule has 1 aliphatic rings. The third-order valence-corrected chi connectivity index (χ3v) is 2.10. The topological polar surface area (TPSA) is 12.0 Å². The Morgan fingerprint density at radius 3 is 2.08 bits per heavy atom. The van der Waals surface area contributed by atoms with Gasteiger partial charge in [0.15, 0.2) is 5.67 Å². The van der Waals surface area contributed by atoms with Gasteiger partial charge in [0.25, 0.3) is 0 Å². The maximum Gasteiger partial charge on any atom is 0.160 e. The van der Waals surface area contributed by atoms with E-state index >= 15 is 0 Å². The summed E-state index contributed by atoms with van der Waals surface area (Å²) in [6.07, 6.45) is 0. The summed E-state index contributed by atoms with van der Waals surface area (Å²) in [5.41, 5.74) is -0.305. The van der Waals surface area contributed by atoms with Crippen LogP contribution >= 0.6 is 0 Å². The second-order valence-electron chi connectivity index (χ2n) is 2.93. The van der Waals surface area contributed by atoms with E-state index in [-0.39, 0.29) is 0 Å². The van der Waals surface area contributed by atoms with E-state index < -0.39 is 5.67 Å². The standard InChI is InChI=1S/C9H10FN.C2H6/c10-9(6-11-7-9)8-4-2-1-3-5-8;1-2/h1-5,11H,6-7H2;1-2H3. The van der Waals surface area contributed by atoms with Gasteiger partial charge in [-0.3, -0.25) is 0 Å². The van der Waals surface area contributed by atoms with E-state index in [0.717, 1.165) is 5.56 Å². The van der Waals surface area contributed by atoms with Crippen molar-refractivity contribution in [2.24, 2.45) is 0 Å². The Bertz CT molecular complexity index is 242. The summed E-state index contributed by atoms with van der Waals surface area (Å²) in [6, 6.07) is 9.31. The highest BCUT2D eigenvalue weighted by molar-refractivity contribution is 5.25. The molecule has 1 saturated heterocycles. The molecule has 72 valence electrons. The van der Waals surface area contributed by atoms with Crippen molar-refractivity contribution in [1.82, 2.24) is 5.32 Å². The molecule has 0 aliphatic carbocycles. The summed E-state index contributed by atoms with van der Waals surface area (Å²) in [6.45, 7) is 4.91. The molecule has 0 bridgehead atoms. The van der Waals surface area contributed by atoms with Gasteiger partial charge in [-0.2, -0.15) is 0 Å². The Kier molecular flexibility index (Phi) is 3.43. The molecule has 2 rings (SSSR count). The van der Waals surface area contributed by atoms with Crippen molar-refractivity contribution >= 4 is 0 Å². The van der Waals surface area contributed by atoms with Crippen molar-refractivity contribution in [3.05, 3.63) is 35.9 Å². The van der Waals surface area contributed by atoms with Crippen LogP contribution in [-0.4, -0.2) is 13.1 Å². The molecule has 13 heavy (non-hydrogen) atoms. The normalized spacial score (nSPS) is 18.1. The number of nitrogens with one attached hydrogen (secondary N) is 1.